The maximum atomic E-state index is 13.5. The van der Waals surface area contributed by atoms with Crippen molar-refractivity contribution in [3.8, 4) is 11.5 Å². The normalized spacial score (nSPS) is 17.9. The first-order chi connectivity index (χ1) is 19.3. The van der Waals surface area contributed by atoms with Gasteiger partial charge in [-0.2, -0.15) is 0 Å². The lowest BCUT2D eigenvalue weighted by molar-refractivity contribution is -0.141. The van der Waals surface area contributed by atoms with E-state index in [9.17, 15) is 18.3 Å². The maximum Gasteiger partial charge on any atom is 0.325 e. The van der Waals surface area contributed by atoms with Crippen LogP contribution in [0.25, 0.3) is 0 Å². The van der Waals surface area contributed by atoms with Crippen LogP contribution in [0.1, 0.15) is 57.4 Å². The molecule has 2 fully saturated rings. The number of likely N-dealkylation sites (tertiary alicyclic amines) is 2. The zero-order chi connectivity index (χ0) is 29.0. The van der Waals surface area contributed by atoms with Crippen molar-refractivity contribution in [1.82, 2.24) is 9.80 Å². The Balaban J connectivity index is 0.00000216. The van der Waals surface area contributed by atoms with Crippen molar-refractivity contribution in [3.05, 3.63) is 54.1 Å². The van der Waals surface area contributed by atoms with Crippen LogP contribution in [-0.2, 0) is 21.2 Å². The van der Waals surface area contributed by atoms with E-state index in [2.05, 4.69) is 22.6 Å². The van der Waals surface area contributed by atoms with E-state index in [-0.39, 0.29) is 17.7 Å². The third kappa shape index (κ3) is 7.94. The molecule has 0 spiro atoms. The SMILES string of the molecule is CCCCOc1ccc(S(=O)(=O)C2(C(=O)O)CCN(Cc3ccc(OCN4CCCCC4)cc3)CC2)cc1.NO. The van der Waals surface area contributed by atoms with Crippen LogP contribution in [0.5, 0.6) is 11.5 Å². The number of carboxylic acid groups (broad SMARTS) is 1. The summed E-state index contributed by atoms with van der Waals surface area (Å²) in [5, 5.41) is 16.6. The molecule has 4 N–H and O–H groups in total. The number of benzene rings is 2. The van der Waals surface area contributed by atoms with Gasteiger partial charge in [0.05, 0.1) is 11.5 Å². The Morgan fingerprint density at radius 1 is 0.875 bits per heavy atom. The van der Waals surface area contributed by atoms with Crippen LogP contribution in [0.4, 0.5) is 0 Å². The average molecular weight is 578 g/mol. The van der Waals surface area contributed by atoms with Crippen LogP contribution >= 0.6 is 0 Å². The second kappa shape index (κ2) is 15.3. The highest BCUT2D eigenvalue weighted by Gasteiger charge is 2.53. The fourth-order valence-corrected chi connectivity index (χ4v) is 7.04. The second-order valence-corrected chi connectivity index (χ2v) is 12.6. The Bertz CT molecular complexity index is 1140. The summed E-state index contributed by atoms with van der Waals surface area (Å²) >= 11 is 0. The number of ether oxygens (including phenoxy) is 2. The summed E-state index contributed by atoms with van der Waals surface area (Å²) in [6.45, 7) is 6.80. The molecule has 2 heterocycles. The average Bonchev–Trinajstić information content (AvgIpc) is 2.99. The third-order valence-electron chi connectivity index (χ3n) is 7.66. The van der Waals surface area contributed by atoms with Gasteiger partial charge < -0.3 is 19.8 Å². The molecule has 2 aromatic rings. The van der Waals surface area contributed by atoms with Gasteiger partial charge in [-0.05, 0) is 74.1 Å². The lowest BCUT2D eigenvalue weighted by atomic mass is 9.95. The standard InChI is InChI=1S/C29H40N2O6S.H3NO/c1-2-3-21-36-25-11-13-27(14-12-25)38(34,35)29(28(32)33)15-19-30(20-16-29)22-24-7-9-26(10-8-24)37-23-31-17-5-4-6-18-31;1-2/h7-14H,2-6,15-23H2,1H3,(H,32,33);2H,1H2. The van der Waals surface area contributed by atoms with E-state index in [0.717, 1.165) is 37.2 Å². The predicted molar refractivity (Wildman–Crippen MR) is 152 cm³/mol. The largest absolute Gasteiger partial charge is 0.494 e. The molecule has 2 aromatic carbocycles. The molecule has 222 valence electrons. The maximum absolute atomic E-state index is 13.5. The Morgan fingerprint density at radius 3 is 2.02 bits per heavy atom. The Kier molecular flexibility index (Phi) is 12.2. The number of nitrogens with two attached hydrogens (primary N) is 1. The predicted octanol–water partition coefficient (Wildman–Crippen LogP) is 3.92. The minimum atomic E-state index is -4.08. The number of nitrogens with zero attached hydrogens (tertiary/aromatic N) is 2. The van der Waals surface area contributed by atoms with Gasteiger partial charge in [0.1, 0.15) is 18.2 Å². The van der Waals surface area contributed by atoms with Crippen molar-refractivity contribution in [1.29, 1.82) is 0 Å². The number of hydrogen-bond donors (Lipinski definition) is 3. The van der Waals surface area contributed by atoms with Crippen LogP contribution in [0, 0.1) is 0 Å². The molecule has 10 nitrogen and oxygen atoms in total. The molecule has 4 rings (SSSR count). The van der Waals surface area contributed by atoms with Crippen molar-refractivity contribution in [2.75, 3.05) is 39.5 Å². The van der Waals surface area contributed by atoms with E-state index in [1.54, 1.807) is 12.1 Å². The Morgan fingerprint density at radius 2 is 1.45 bits per heavy atom. The van der Waals surface area contributed by atoms with Crippen LogP contribution < -0.4 is 15.4 Å². The minimum Gasteiger partial charge on any atom is -0.494 e. The van der Waals surface area contributed by atoms with Crippen LogP contribution in [0.3, 0.4) is 0 Å². The van der Waals surface area contributed by atoms with Crippen LogP contribution in [0.15, 0.2) is 53.4 Å². The number of piperidine rings is 2. The lowest BCUT2D eigenvalue weighted by Gasteiger charge is -2.38. The van der Waals surface area contributed by atoms with Crippen molar-refractivity contribution in [2.45, 2.75) is 68.1 Å². The Hall–Kier alpha value is -2.70. The van der Waals surface area contributed by atoms with E-state index in [0.29, 0.717) is 38.7 Å². The molecular formula is C29H43N3O7S. The highest BCUT2D eigenvalue weighted by Crippen LogP contribution is 2.37. The zero-order valence-electron chi connectivity index (χ0n) is 23.3. The number of hydrogen-bond acceptors (Lipinski definition) is 9. The fourth-order valence-electron chi connectivity index (χ4n) is 5.15. The smallest absolute Gasteiger partial charge is 0.325 e. The first kappa shape index (κ1) is 31.8. The highest BCUT2D eigenvalue weighted by molar-refractivity contribution is 7.93. The number of rotatable bonds is 12. The van der Waals surface area contributed by atoms with Gasteiger partial charge >= 0.3 is 5.97 Å². The first-order valence-corrected chi connectivity index (χ1v) is 15.5. The number of sulfone groups is 1. The third-order valence-corrected chi connectivity index (χ3v) is 10.2. The summed E-state index contributed by atoms with van der Waals surface area (Å²) in [6, 6.07) is 14.1. The topological polar surface area (TPSA) is 143 Å². The molecule has 0 radical (unpaired) electrons. The van der Waals surface area contributed by atoms with Gasteiger partial charge in [0.25, 0.3) is 0 Å². The summed E-state index contributed by atoms with van der Waals surface area (Å²) < 4.78 is 36.8. The van der Waals surface area contributed by atoms with E-state index in [4.69, 9.17) is 14.7 Å². The molecule has 0 aromatic heterocycles. The van der Waals surface area contributed by atoms with Gasteiger partial charge in [-0.3, -0.25) is 14.6 Å². The van der Waals surface area contributed by atoms with Gasteiger partial charge in [-0.15, -0.1) is 0 Å². The number of carbonyl (C=O) groups is 1. The molecule has 2 aliphatic rings. The first-order valence-electron chi connectivity index (χ1n) is 14.0. The van der Waals surface area contributed by atoms with Crippen molar-refractivity contribution in [2.24, 2.45) is 5.90 Å². The van der Waals surface area contributed by atoms with Crippen LogP contribution in [0.2, 0.25) is 0 Å². The molecule has 2 saturated heterocycles. The molecule has 0 aliphatic carbocycles. The Labute approximate surface area is 237 Å². The number of carboxylic acids is 1. The quantitative estimate of drug-likeness (QED) is 0.251. The van der Waals surface area contributed by atoms with E-state index in [1.807, 2.05) is 24.3 Å². The molecule has 0 saturated carbocycles. The van der Waals surface area contributed by atoms with Gasteiger partial charge in [0.2, 0.25) is 0 Å². The van der Waals surface area contributed by atoms with Crippen molar-refractivity contribution in [3.63, 3.8) is 0 Å². The highest BCUT2D eigenvalue weighted by atomic mass is 32.2. The zero-order valence-corrected chi connectivity index (χ0v) is 24.2. The van der Waals surface area contributed by atoms with Crippen molar-refractivity contribution >= 4 is 15.8 Å². The second-order valence-electron chi connectivity index (χ2n) is 10.3. The summed E-state index contributed by atoms with van der Waals surface area (Å²) in [5.41, 5.74) is 1.08. The van der Waals surface area contributed by atoms with Gasteiger partial charge in [0.15, 0.2) is 14.6 Å². The molecule has 0 amide bonds. The molecule has 0 bridgehead atoms. The molecule has 0 atom stereocenters. The van der Waals surface area contributed by atoms with Gasteiger partial charge in [0, 0.05) is 32.7 Å². The summed E-state index contributed by atoms with van der Waals surface area (Å²) in [6.07, 6.45) is 5.74. The van der Waals surface area contributed by atoms with Crippen molar-refractivity contribution < 1.29 is 33.0 Å². The monoisotopic (exact) mass is 577 g/mol. The van der Waals surface area contributed by atoms with Gasteiger partial charge in [-0.1, -0.05) is 31.9 Å². The molecule has 40 heavy (non-hydrogen) atoms. The summed E-state index contributed by atoms with van der Waals surface area (Å²) in [4.78, 5) is 16.8. The van der Waals surface area contributed by atoms with E-state index < -0.39 is 20.6 Å². The molecule has 2 aliphatic heterocycles. The molecular weight excluding hydrogens is 534 g/mol. The number of aliphatic carboxylic acids is 1. The lowest BCUT2D eigenvalue weighted by Crippen LogP contribution is -2.54. The summed E-state index contributed by atoms with van der Waals surface area (Å²) in [5.74, 6) is 3.63. The van der Waals surface area contributed by atoms with Gasteiger partial charge in [-0.25, -0.2) is 14.3 Å². The van der Waals surface area contributed by atoms with E-state index >= 15 is 0 Å². The van der Waals surface area contributed by atoms with E-state index in [1.165, 1.54) is 31.4 Å². The summed E-state index contributed by atoms with van der Waals surface area (Å²) in [7, 11) is -4.08. The molecule has 11 heteroatoms. The minimum absolute atomic E-state index is 0.0244. The van der Waals surface area contributed by atoms with Crippen LogP contribution in [-0.4, -0.2) is 78.8 Å². The molecule has 0 unspecified atom stereocenters. The fraction of sp³-hybridized carbons (Fsp3) is 0.552. The number of unbranched alkanes of at least 4 members (excludes halogenated alkanes) is 1.